The minimum absolute atomic E-state index is 0.937. The van der Waals surface area contributed by atoms with Gasteiger partial charge in [-0.25, -0.2) is 0 Å². The SMILES string of the molecule is CCCCP(O)(CCCC)(CCCC)Cc1ccccc1. The van der Waals surface area contributed by atoms with E-state index in [0.717, 1.165) is 24.6 Å². The molecule has 122 valence electrons. The van der Waals surface area contributed by atoms with Crippen LogP contribution in [0.3, 0.4) is 0 Å². The Bertz CT molecular complexity index is 363. The van der Waals surface area contributed by atoms with Crippen LogP contribution >= 0.6 is 6.83 Å². The zero-order chi connectivity index (χ0) is 15.6. The fourth-order valence-electron chi connectivity index (χ4n) is 3.32. The standard InChI is InChI=1S/C19H35OP/c1-4-7-15-21(20,16-8-5-2,17-9-6-3)18-19-13-11-10-12-14-19/h10-14,20H,4-9,15-18H2,1-3H3. The van der Waals surface area contributed by atoms with Gasteiger partial charge in [-0.1, -0.05) is 0 Å². The van der Waals surface area contributed by atoms with Crippen LogP contribution in [0, 0.1) is 0 Å². The average Bonchev–Trinajstić information content (AvgIpc) is 2.51. The van der Waals surface area contributed by atoms with Gasteiger partial charge in [0.2, 0.25) is 0 Å². The summed E-state index contributed by atoms with van der Waals surface area (Å²) >= 11 is 0. The van der Waals surface area contributed by atoms with Gasteiger partial charge in [0.1, 0.15) is 0 Å². The molecule has 0 saturated heterocycles. The molecule has 1 aromatic rings. The van der Waals surface area contributed by atoms with Crippen molar-refractivity contribution in [3.8, 4) is 0 Å². The number of unbranched alkanes of at least 4 members (excludes halogenated alkanes) is 3. The van der Waals surface area contributed by atoms with Gasteiger partial charge in [0.25, 0.3) is 0 Å². The van der Waals surface area contributed by atoms with Crippen LogP contribution < -0.4 is 0 Å². The number of hydrogen-bond donors (Lipinski definition) is 1. The molecule has 0 aliphatic heterocycles. The minimum atomic E-state index is -2.59. The van der Waals surface area contributed by atoms with Gasteiger partial charge in [-0.3, -0.25) is 0 Å². The molecule has 0 radical (unpaired) electrons. The quantitative estimate of drug-likeness (QED) is 0.493. The second-order valence-corrected chi connectivity index (χ2v) is 12.3. The van der Waals surface area contributed by atoms with Gasteiger partial charge in [0.15, 0.2) is 0 Å². The molecule has 21 heavy (non-hydrogen) atoms. The third kappa shape index (κ3) is 6.09. The van der Waals surface area contributed by atoms with E-state index in [-0.39, 0.29) is 0 Å². The average molecular weight is 310 g/mol. The Morgan fingerprint density at radius 1 is 0.762 bits per heavy atom. The van der Waals surface area contributed by atoms with Crippen LogP contribution in [0.2, 0.25) is 0 Å². The molecule has 1 rings (SSSR count). The zero-order valence-corrected chi connectivity index (χ0v) is 15.2. The van der Waals surface area contributed by atoms with Crippen LogP contribution in [-0.4, -0.2) is 23.4 Å². The molecule has 1 N–H and O–H groups in total. The van der Waals surface area contributed by atoms with Gasteiger partial charge in [-0.05, 0) is 0 Å². The van der Waals surface area contributed by atoms with E-state index in [4.69, 9.17) is 0 Å². The molecule has 0 fully saturated rings. The van der Waals surface area contributed by atoms with Crippen molar-refractivity contribution in [2.45, 2.75) is 65.5 Å². The molecule has 1 aromatic carbocycles. The number of rotatable bonds is 11. The van der Waals surface area contributed by atoms with Crippen LogP contribution in [0.5, 0.6) is 0 Å². The van der Waals surface area contributed by atoms with E-state index in [1.807, 2.05) is 0 Å². The molecule has 0 atom stereocenters. The van der Waals surface area contributed by atoms with Gasteiger partial charge < -0.3 is 0 Å². The van der Waals surface area contributed by atoms with Crippen LogP contribution in [0.1, 0.15) is 64.9 Å². The summed E-state index contributed by atoms with van der Waals surface area (Å²) in [6.45, 7) is 4.13. The third-order valence-corrected chi connectivity index (χ3v) is 10.3. The Kier molecular flexibility index (Phi) is 7.92. The van der Waals surface area contributed by atoms with E-state index < -0.39 is 6.83 Å². The molecular formula is C19H35OP. The van der Waals surface area contributed by atoms with E-state index in [1.165, 1.54) is 44.1 Å². The van der Waals surface area contributed by atoms with E-state index in [2.05, 4.69) is 51.1 Å². The monoisotopic (exact) mass is 310 g/mol. The van der Waals surface area contributed by atoms with Gasteiger partial charge in [-0.15, -0.1) is 0 Å². The summed E-state index contributed by atoms with van der Waals surface area (Å²) in [6, 6.07) is 10.7. The van der Waals surface area contributed by atoms with E-state index in [0.29, 0.717) is 0 Å². The van der Waals surface area contributed by atoms with Gasteiger partial charge in [0, 0.05) is 0 Å². The molecule has 0 aliphatic rings. The van der Waals surface area contributed by atoms with Gasteiger partial charge in [-0.2, -0.15) is 0 Å². The first-order valence-electron chi connectivity index (χ1n) is 8.85. The predicted molar refractivity (Wildman–Crippen MR) is 98.6 cm³/mol. The summed E-state index contributed by atoms with van der Waals surface area (Å²) in [6.07, 6.45) is 11.2. The first-order chi connectivity index (χ1) is 10.1. The van der Waals surface area contributed by atoms with Crippen LogP contribution in [-0.2, 0) is 6.16 Å². The first-order valence-corrected chi connectivity index (χ1v) is 11.8. The fourth-order valence-corrected chi connectivity index (χ4v) is 9.00. The molecule has 2 heteroatoms. The van der Waals surface area contributed by atoms with Gasteiger partial charge >= 0.3 is 132 Å². The molecule has 0 bridgehead atoms. The third-order valence-electron chi connectivity index (χ3n) is 4.69. The van der Waals surface area contributed by atoms with E-state index >= 15 is 0 Å². The summed E-state index contributed by atoms with van der Waals surface area (Å²) in [4.78, 5) is 12.0. The summed E-state index contributed by atoms with van der Waals surface area (Å²) in [5, 5.41) is 0. The molecule has 0 saturated carbocycles. The second-order valence-electron chi connectivity index (χ2n) is 6.78. The first kappa shape index (κ1) is 18.7. The van der Waals surface area contributed by atoms with Crippen molar-refractivity contribution in [3.63, 3.8) is 0 Å². The Morgan fingerprint density at radius 3 is 1.57 bits per heavy atom. The van der Waals surface area contributed by atoms with Gasteiger partial charge in [0.05, 0.1) is 0 Å². The Balaban J connectivity index is 3.01. The molecule has 0 aliphatic carbocycles. The zero-order valence-electron chi connectivity index (χ0n) is 14.4. The van der Waals surface area contributed by atoms with Crippen molar-refractivity contribution in [2.24, 2.45) is 0 Å². The summed E-state index contributed by atoms with van der Waals surface area (Å²) in [5.74, 6) is 0. The second kappa shape index (κ2) is 8.91. The maximum atomic E-state index is 12.0. The van der Waals surface area contributed by atoms with Crippen molar-refractivity contribution in [1.29, 1.82) is 0 Å². The number of benzene rings is 1. The molecule has 1 nitrogen and oxygen atoms in total. The molecule has 0 heterocycles. The molecule has 0 unspecified atom stereocenters. The van der Waals surface area contributed by atoms with Crippen molar-refractivity contribution in [1.82, 2.24) is 0 Å². The number of hydrogen-bond acceptors (Lipinski definition) is 1. The van der Waals surface area contributed by atoms with Crippen molar-refractivity contribution in [3.05, 3.63) is 35.9 Å². The van der Waals surface area contributed by atoms with Crippen molar-refractivity contribution in [2.75, 3.05) is 18.5 Å². The Hall–Kier alpha value is -0.390. The predicted octanol–water partition coefficient (Wildman–Crippen LogP) is 6.05. The van der Waals surface area contributed by atoms with E-state index in [1.54, 1.807) is 0 Å². The fraction of sp³-hybridized carbons (Fsp3) is 0.684. The Labute approximate surface area is 132 Å². The molecule has 0 amide bonds. The Morgan fingerprint density at radius 2 is 1.19 bits per heavy atom. The molecule has 0 spiro atoms. The topological polar surface area (TPSA) is 20.2 Å². The molecule has 0 aromatic heterocycles. The van der Waals surface area contributed by atoms with Crippen LogP contribution in [0.15, 0.2) is 30.3 Å². The van der Waals surface area contributed by atoms with Crippen LogP contribution in [0.25, 0.3) is 0 Å². The molecular weight excluding hydrogens is 275 g/mol. The normalized spacial score (nSPS) is 13.8. The van der Waals surface area contributed by atoms with Crippen molar-refractivity contribution < 1.29 is 4.89 Å². The maximum absolute atomic E-state index is 12.0. The van der Waals surface area contributed by atoms with Crippen LogP contribution in [0.4, 0.5) is 0 Å². The summed E-state index contributed by atoms with van der Waals surface area (Å²) in [5.41, 5.74) is 1.33. The summed E-state index contributed by atoms with van der Waals surface area (Å²) in [7, 11) is 0. The van der Waals surface area contributed by atoms with E-state index in [9.17, 15) is 4.89 Å². The summed E-state index contributed by atoms with van der Waals surface area (Å²) < 4.78 is 0. The van der Waals surface area contributed by atoms with Crippen molar-refractivity contribution >= 4 is 6.83 Å².